The van der Waals surface area contributed by atoms with Gasteiger partial charge in [0.15, 0.2) is 0 Å². The van der Waals surface area contributed by atoms with E-state index in [4.69, 9.17) is 32.5 Å². The molecule has 212 valence electrons. The number of aromatic nitrogens is 1. The lowest BCUT2D eigenvalue weighted by atomic mass is 10.1. The monoisotopic (exact) mass is 595 g/mol. The minimum Gasteiger partial charge on any atom is -0.790 e. The molecular weight excluding hydrogens is 564 g/mol. The van der Waals surface area contributed by atoms with E-state index in [1.165, 1.54) is 10.6 Å². The van der Waals surface area contributed by atoms with Crippen LogP contribution in [0.3, 0.4) is 0 Å². The maximum absolute atomic E-state index is 12.7. The number of hydrogen-bond acceptors (Lipinski definition) is 8. The molecule has 1 aromatic heterocycles. The SMILES string of the molecule is CC(C)C(OP(=O)([O-])[O-])n1c(=O)ccc2ccc(OCCCCN3CCN(c4cccc(Cl)c4Cl)CC3)cc21. The largest absolute Gasteiger partial charge is 0.790 e. The Bertz CT molecular complexity index is 1390. The van der Waals surface area contributed by atoms with Crippen LogP contribution in [0.5, 0.6) is 5.75 Å². The number of fused-ring (bicyclic) bond motifs is 1. The number of phosphoric acid groups is 1. The lowest BCUT2D eigenvalue weighted by molar-refractivity contribution is -0.348. The van der Waals surface area contributed by atoms with Gasteiger partial charge in [-0.3, -0.25) is 14.3 Å². The molecule has 0 N–H and O–H groups in total. The number of ether oxygens (including phenoxy) is 1. The molecule has 3 aromatic rings. The predicted octanol–water partition coefficient (Wildman–Crippen LogP) is 4.29. The van der Waals surface area contributed by atoms with E-state index >= 15 is 0 Å². The van der Waals surface area contributed by atoms with Gasteiger partial charge in [0.2, 0.25) is 0 Å². The summed E-state index contributed by atoms with van der Waals surface area (Å²) in [6.45, 7) is 8.43. The second-order valence-corrected chi connectivity index (χ2v) is 11.8. The minimum atomic E-state index is -5.32. The normalized spacial score (nSPS) is 15.7. The van der Waals surface area contributed by atoms with Gasteiger partial charge in [-0.05, 0) is 61.0 Å². The van der Waals surface area contributed by atoms with Crippen molar-refractivity contribution in [3.05, 3.63) is 68.9 Å². The van der Waals surface area contributed by atoms with Crippen LogP contribution in [0.4, 0.5) is 5.69 Å². The van der Waals surface area contributed by atoms with Gasteiger partial charge in [0.25, 0.3) is 5.56 Å². The first-order valence-corrected chi connectivity index (χ1v) is 15.1. The molecule has 9 nitrogen and oxygen atoms in total. The Hall–Kier alpha value is -2.10. The Morgan fingerprint density at radius 3 is 2.41 bits per heavy atom. The average Bonchev–Trinajstić information content (AvgIpc) is 2.89. The fourth-order valence-corrected chi connectivity index (χ4v) is 5.78. The standard InChI is InChI=1S/C27H34Cl2N3O6P/c1-19(2)27(38-39(34,35)36)32-24-18-21(10-8-20(24)9-11-25(32)33)37-17-4-3-12-30-13-15-31(16-14-30)23-7-5-6-22(28)26(23)29/h5-11,18-19,27H,3-4,12-17H2,1-2H3,(H2,34,35,36)/p-2. The second-order valence-electron chi connectivity index (χ2n) is 9.91. The molecule has 1 aliphatic rings. The summed E-state index contributed by atoms with van der Waals surface area (Å²) in [7, 11) is -5.32. The van der Waals surface area contributed by atoms with Gasteiger partial charge in [-0.2, -0.15) is 0 Å². The van der Waals surface area contributed by atoms with E-state index in [-0.39, 0.29) is 0 Å². The number of rotatable bonds is 11. The topological polar surface area (TPSA) is 110 Å². The van der Waals surface area contributed by atoms with Crippen molar-refractivity contribution in [2.45, 2.75) is 32.9 Å². The molecule has 0 aliphatic carbocycles. The molecule has 0 amide bonds. The van der Waals surface area contributed by atoms with E-state index in [0.29, 0.717) is 33.3 Å². The Morgan fingerprint density at radius 2 is 1.72 bits per heavy atom. The van der Waals surface area contributed by atoms with Gasteiger partial charge in [0, 0.05) is 38.3 Å². The van der Waals surface area contributed by atoms with Crippen LogP contribution >= 0.6 is 31.0 Å². The highest BCUT2D eigenvalue weighted by Gasteiger charge is 2.22. The van der Waals surface area contributed by atoms with Crippen molar-refractivity contribution in [2.24, 2.45) is 5.92 Å². The summed E-state index contributed by atoms with van der Waals surface area (Å²) in [5.74, 6) is 0.0993. The summed E-state index contributed by atoms with van der Waals surface area (Å²) in [4.78, 5) is 40.1. The molecule has 0 bridgehead atoms. The number of phosphoric ester groups is 1. The van der Waals surface area contributed by atoms with Gasteiger partial charge in [0.05, 0.1) is 35.7 Å². The maximum atomic E-state index is 12.7. The summed E-state index contributed by atoms with van der Waals surface area (Å²) in [5.41, 5.74) is 0.939. The Labute approximate surface area is 238 Å². The summed E-state index contributed by atoms with van der Waals surface area (Å²) in [5, 5.41) is 1.86. The van der Waals surface area contributed by atoms with Crippen molar-refractivity contribution in [3.8, 4) is 5.75 Å². The predicted molar refractivity (Wildman–Crippen MR) is 151 cm³/mol. The van der Waals surface area contributed by atoms with Gasteiger partial charge in [-0.15, -0.1) is 0 Å². The lowest BCUT2D eigenvalue weighted by Gasteiger charge is -2.36. The van der Waals surface area contributed by atoms with Gasteiger partial charge in [-0.1, -0.05) is 43.1 Å². The lowest BCUT2D eigenvalue weighted by Crippen LogP contribution is -2.46. The third-order valence-electron chi connectivity index (χ3n) is 6.75. The smallest absolute Gasteiger partial charge is 0.253 e. The molecule has 0 spiro atoms. The molecule has 1 atom stereocenters. The first kappa shape index (κ1) is 29.9. The average molecular weight is 596 g/mol. The molecule has 1 saturated heterocycles. The fraction of sp³-hybridized carbons (Fsp3) is 0.444. The van der Waals surface area contributed by atoms with Crippen LogP contribution in [0.15, 0.2) is 53.3 Å². The molecule has 2 aromatic carbocycles. The Balaban J connectivity index is 1.31. The van der Waals surface area contributed by atoms with Crippen molar-refractivity contribution in [1.29, 1.82) is 0 Å². The summed E-state index contributed by atoms with van der Waals surface area (Å²) in [6, 6.07) is 13.9. The van der Waals surface area contributed by atoms with E-state index in [0.717, 1.165) is 51.3 Å². The Kier molecular flexibility index (Phi) is 9.99. The van der Waals surface area contributed by atoms with Crippen LogP contribution in [0.1, 0.15) is 32.9 Å². The third kappa shape index (κ3) is 7.76. The van der Waals surface area contributed by atoms with Gasteiger partial charge in [-0.25, -0.2) is 0 Å². The van der Waals surface area contributed by atoms with E-state index in [9.17, 15) is 19.1 Å². The zero-order valence-electron chi connectivity index (χ0n) is 21.9. The van der Waals surface area contributed by atoms with E-state index < -0.39 is 25.5 Å². The molecule has 1 fully saturated rings. The number of anilines is 1. The van der Waals surface area contributed by atoms with Crippen LogP contribution in [0, 0.1) is 5.92 Å². The van der Waals surface area contributed by atoms with Crippen LogP contribution < -0.4 is 25.0 Å². The van der Waals surface area contributed by atoms with Gasteiger partial charge in [0.1, 0.15) is 12.0 Å². The molecule has 1 aliphatic heterocycles. The number of nitrogens with zero attached hydrogens (tertiary/aromatic N) is 3. The van der Waals surface area contributed by atoms with E-state index in [1.54, 1.807) is 44.2 Å². The van der Waals surface area contributed by atoms with Crippen LogP contribution in [0.25, 0.3) is 10.9 Å². The highest BCUT2D eigenvalue weighted by molar-refractivity contribution is 7.43. The zero-order chi connectivity index (χ0) is 28.2. The van der Waals surface area contributed by atoms with E-state index in [2.05, 4.69) is 9.80 Å². The minimum absolute atomic E-state index is 0.435. The molecular formula is C27H32Cl2N3O6P-2. The van der Waals surface area contributed by atoms with Crippen molar-refractivity contribution in [3.63, 3.8) is 0 Å². The van der Waals surface area contributed by atoms with Crippen molar-refractivity contribution >= 4 is 47.6 Å². The number of unbranched alkanes of at least 4 members (excludes halogenated alkanes) is 1. The number of halogens is 2. The maximum Gasteiger partial charge on any atom is 0.253 e. The highest BCUT2D eigenvalue weighted by atomic mass is 35.5. The first-order chi connectivity index (χ1) is 18.5. The quantitative estimate of drug-likeness (QED) is 0.238. The van der Waals surface area contributed by atoms with Crippen molar-refractivity contribution < 1.29 is 23.6 Å². The Morgan fingerprint density at radius 1 is 1.00 bits per heavy atom. The molecule has 1 unspecified atom stereocenters. The third-order valence-corrected chi connectivity index (χ3v) is 8.03. The van der Waals surface area contributed by atoms with E-state index in [1.807, 2.05) is 12.1 Å². The molecule has 0 saturated carbocycles. The van der Waals surface area contributed by atoms with Crippen LogP contribution in [0.2, 0.25) is 10.0 Å². The van der Waals surface area contributed by atoms with Crippen LogP contribution in [-0.4, -0.2) is 48.8 Å². The zero-order valence-corrected chi connectivity index (χ0v) is 24.3. The highest BCUT2D eigenvalue weighted by Crippen LogP contribution is 2.37. The molecule has 0 radical (unpaired) electrons. The fourth-order valence-electron chi connectivity index (χ4n) is 4.76. The number of piperazine rings is 1. The van der Waals surface area contributed by atoms with Crippen molar-refractivity contribution in [2.75, 3.05) is 44.2 Å². The number of pyridine rings is 1. The van der Waals surface area contributed by atoms with Gasteiger partial charge < -0.3 is 28.5 Å². The molecule has 12 heteroatoms. The summed E-state index contributed by atoms with van der Waals surface area (Å²) < 4.78 is 23.3. The van der Waals surface area contributed by atoms with Crippen LogP contribution in [-0.2, 0) is 9.09 Å². The number of hydrogen-bond donors (Lipinski definition) is 0. The number of benzene rings is 2. The molecule has 2 heterocycles. The van der Waals surface area contributed by atoms with Crippen molar-refractivity contribution in [1.82, 2.24) is 9.47 Å². The summed E-state index contributed by atoms with van der Waals surface area (Å²) >= 11 is 12.5. The molecule has 4 rings (SSSR count). The summed E-state index contributed by atoms with van der Waals surface area (Å²) in [6.07, 6.45) is 0.544. The van der Waals surface area contributed by atoms with Gasteiger partial charge >= 0.3 is 0 Å². The second kappa shape index (κ2) is 13.0. The molecule has 39 heavy (non-hydrogen) atoms. The first-order valence-electron chi connectivity index (χ1n) is 12.9.